The van der Waals surface area contributed by atoms with Crippen molar-refractivity contribution in [1.82, 2.24) is 9.97 Å². The van der Waals surface area contributed by atoms with Crippen LogP contribution in [0.5, 0.6) is 0 Å². The molecule has 3 rings (SSSR count). The van der Waals surface area contributed by atoms with Crippen molar-refractivity contribution in [1.29, 1.82) is 0 Å². The molecule has 7 heteroatoms. The van der Waals surface area contributed by atoms with E-state index < -0.39 is 0 Å². The molecule has 0 fully saturated rings. The summed E-state index contributed by atoms with van der Waals surface area (Å²) < 4.78 is 0. The maximum absolute atomic E-state index is 12.4. The first kappa shape index (κ1) is 15.6. The van der Waals surface area contributed by atoms with E-state index in [0.29, 0.717) is 27.6 Å². The smallest absolute Gasteiger partial charge is 0.274 e. The van der Waals surface area contributed by atoms with E-state index >= 15 is 0 Å². The summed E-state index contributed by atoms with van der Waals surface area (Å²) in [5.41, 5.74) is 3.21. The van der Waals surface area contributed by atoms with Gasteiger partial charge >= 0.3 is 0 Å². The number of aryl methyl sites for hydroxylation is 1. The SMILES string of the molecule is CC(=O)c1c(C)[nH]c(C(=O)Nc2nc(-c3cccs3)cs2)c1C. The van der Waals surface area contributed by atoms with Crippen LogP contribution in [0.4, 0.5) is 5.13 Å². The van der Waals surface area contributed by atoms with Gasteiger partial charge in [0, 0.05) is 16.6 Å². The molecule has 2 N–H and O–H groups in total. The van der Waals surface area contributed by atoms with E-state index in [9.17, 15) is 9.59 Å². The number of Topliss-reactive ketones (excluding diaryl/α,β-unsaturated/α-hetero) is 1. The van der Waals surface area contributed by atoms with Crippen molar-refractivity contribution in [2.24, 2.45) is 0 Å². The van der Waals surface area contributed by atoms with Gasteiger partial charge in [0.15, 0.2) is 10.9 Å². The number of rotatable bonds is 4. The molecule has 118 valence electrons. The van der Waals surface area contributed by atoms with E-state index in [2.05, 4.69) is 15.3 Å². The summed E-state index contributed by atoms with van der Waals surface area (Å²) in [6.07, 6.45) is 0. The number of hydrogen-bond donors (Lipinski definition) is 2. The van der Waals surface area contributed by atoms with Gasteiger partial charge in [-0.05, 0) is 37.8 Å². The lowest BCUT2D eigenvalue weighted by atomic mass is 10.1. The van der Waals surface area contributed by atoms with Crippen molar-refractivity contribution >= 4 is 39.5 Å². The van der Waals surface area contributed by atoms with Crippen LogP contribution in [-0.2, 0) is 0 Å². The number of H-pyrrole nitrogens is 1. The third-order valence-electron chi connectivity index (χ3n) is 3.51. The third kappa shape index (κ3) is 2.97. The van der Waals surface area contributed by atoms with Crippen LogP contribution in [-0.4, -0.2) is 21.7 Å². The first-order valence-electron chi connectivity index (χ1n) is 6.98. The van der Waals surface area contributed by atoms with E-state index in [1.807, 2.05) is 22.9 Å². The molecule has 0 aliphatic carbocycles. The van der Waals surface area contributed by atoms with Crippen molar-refractivity contribution in [3.63, 3.8) is 0 Å². The minimum Gasteiger partial charge on any atom is -0.354 e. The second kappa shape index (κ2) is 6.10. The molecule has 0 bridgehead atoms. The number of amides is 1. The highest BCUT2D eigenvalue weighted by atomic mass is 32.1. The first-order valence-corrected chi connectivity index (χ1v) is 8.74. The standard InChI is InChI=1S/C16H15N3O2S2/c1-8-13(10(3)20)9(2)17-14(8)15(21)19-16-18-11(7-23-16)12-5-4-6-22-12/h4-7,17H,1-3H3,(H,18,19,21). The monoisotopic (exact) mass is 345 g/mol. The number of aromatic amines is 1. The number of nitrogens with one attached hydrogen (secondary N) is 2. The maximum atomic E-state index is 12.4. The average molecular weight is 345 g/mol. The van der Waals surface area contributed by atoms with E-state index in [1.54, 1.807) is 25.2 Å². The molecule has 5 nitrogen and oxygen atoms in total. The molecule has 0 unspecified atom stereocenters. The molecular weight excluding hydrogens is 330 g/mol. The lowest BCUT2D eigenvalue weighted by Gasteiger charge is -2.01. The molecule has 0 aromatic carbocycles. The average Bonchev–Trinajstić information content (AvgIpc) is 3.18. The highest BCUT2D eigenvalue weighted by Crippen LogP contribution is 2.28. The summed E-state index contributed by atoms with van der Waals surface area (Å²) in [6.45, 7) is 5.06. The lowest BCUT2D eigenvalue weighted by Crippen LogP contribution is -2.13. The molecule has 0 radical (unpaired) electrons. The van der Waals surface area contributed by atoms with Gasteiger partial charge in [0.2, 0.25) is 0 Å². The summed E-state index contributed by atoms with van der Waals surface area (Å²) in [6, 6.07) is 3.95. The Hall–Kier alpha value is -2.25. The Labute approximate surface area is 141 Å². The molecule has 0 saturated heterocycles. The van der Waals surface area contributed by atoms with Crippen molar-refractivity contribution in [2.75, 3.05) is 5.32 Å². The second-order valence-corrected chi connectivity index (χ2v) is 6.96. The molecule has 0 saturated carbocycles. The zero-order chi connectivity index (χ0) is 16.6. The second-order valence-electron chi connectivity index (χ2n) is 5.15. The van der Waals surface area contributed by atoms with E-state index in [1.165, 1.54) is 18.3 Å². The number of ketones is 1. The van der Waals surface area contributed by atoms with Gasteiger partial charge < -0.3 is 4.98 Å². The Kier molecular flexibility index (Phi) is 4.14. The summed E-state index contributed by atoms with van der Waals surface area (Å²) in [5.74, 6) is -0.338. The van der Waals surface area contributed by atoms with Crippen LogP contribution >= 0.6 is 22.7 Å². The molecule has 1 amide bonds. The van der Waals surface area contributed by atoms with Crippen molar-refractivity contribution < 1.29 is 9.59 Å². The van der Waals surface area contributed by atoms with E-state index in [0.717, 1.165) is 10.6 Å². The largest absolute Gasteiger partial charge is 0.354 e. The highest BCUT2D eigenvalue weighted by molar-refractivity contribution is 7.16. The Morgan fingerprint density at radius 2 is 2.04 bits per heavy atom. The van der Waals surface area contributed by atoms with Gasteiger partial charge in [-0.2, -0.15) is 0 Å². The van der Waals surface area contributed by atoms with Crippen molar-refractivity contribution in [3.8, 4) is 10.6 Å². The van der Waals surface area contributed by atoms with Crippen LogP contribution in [0.3, 0.4) is 0 Å². The summed E-state index contributed by atoms with van der Waals surface area (Å²) >= 11 is 2.98. The fourth-order valence-corrected chi connectivity index (χ4v) is 4.00. The number of aromatic nitrogens is 2. The number of thiazole rings is 1. The van der Waals surface area contributed by atoms with Crippen molar-refractivity contribution in [3.05, 3.63) is 45.4 Å². The topological polar surface area (TPSA) is 74.8 Å². The summed E-state index contributed by atoms with van der Waals surface area (Å²) in [4.78, 5) is 32.6. The summed E-state index contributed by atoms with van der Waals surface area (Å²) in [7, 11) is 0. The predicted molar refractivity (Wildman–Crippen MR) is 93.7 cm³/mol. The lowest BCUT2D eigenvalue weighted by molar-refractivity contribution is 0.101. The van der Waals surface area contributed by atoms with Crippen LogP contribution < -0.4 is 5.32 Å². The molecular formula is C16H15N3O2S2. The van der Waals surface area contributed by atoms with Crippen LogP contribution in [0.1, 0.15) is 39.0 Å². The van der Waals surface area contributed by atoms with Gasteiger partial charge in [0.25, 0.3) is 5.91 Å². The maximum Gasteiger partial charge on any atom is 0.274 e. The number of hydrogen-bond acceptors (Lipinski definition) is 5. The molecule has 0 aliphatic rings. The number of carbonyl (C=O) groups is 2. The zero-order valence-electron chi connectivity index (χ0n) is 12.9. The molecule has 0 spiro atoms. The molecule has 3 aromatic heterocycles. The Bertz CT molecular complexity index is 875. The van der Waals surface area contributed by atoms with E-state index in [-0.39, 0.29) is 11.7 Å². The van der Waals surface area contributed by atoms with Crippen molar-refractivity contribution in [2.45, 2.75) is 20.8 Å². The fraction of sp³-hybridized carbons (Fsp3) is 0.188. The van der Waals surface area contributed by atoms with Crippen LogP contribution in [0.2, 0.25) is 0 Å². The number of anilines is 1. The van der Waals surface area contributed by atoms with Crippen LogP contribution in [0.15, 0.2) is 22.9 Å². The summed E-state index contributed by atoms with van der Waals surface area (Å²) in [5, 5.41) is 7.23. The number of nitrogens with zero attached hydrogens (tertiary/aromatic N) is 1. The van der Waals surface area contributed by atoms with Crippen LogP contribution in [0.25, 0.3) is 10.6 Å². The minimum absolute atomic E-state index is 0.0514. The van der Waals surface area contributed by atoms with Gasteiger partial charge in [0.05, 0.1) is 10.6 Å². The van der Waals surface area contributed by atoms with Gasteiger partial charge in [-0.3, -0.25) is 14.9 Å². The van der Waals surface area contributed by atoms with E-state index in [4.69, 9.17) is 0 Å². The van der Waals surface area contributed by atoms with Gasteiger partial charge in [-0.25, -0.2) is 4.98 Å². The number of carbonyl (C=O) groups excluding carboxylic acids is 2. The Morgan fingerprint density at radius 3 is 2.65 bits per heavy atom. The van der Waals surface area contributed by atoms with Crippen LogP contribution in [0, 0.1) is 13.8 Å². The molecule has 3 aromatic rings. The predicted octanol–water partition coefficient (Wildman–Crippen LogP) is 4.27. The van der Waals surface area contributed by atoms with Gasteiger partial charge in [-0.1, -0.05) is 6.07 Å². The Balaban J connectivity index is 1.83. The van der Waals surface area contributed by atoms with Gasteiger partial charge in [0.1, 0.15) is 5.69 Å². The first-order chi connectivity index (χ1) is 11.0. The Morgan fingerprint density at radius 1 is 1.26 bits per heavy atom. The molecule has 0 aliphatic heterocycles. The molecule has 23 heavy (non-hydrogen) atoms. The molecule has 0 atom stereocenters. The number of thiophene rings is 1. The zero-order valence-corrected chi connectivity index (χ0v) is 14.5. The molecule has 3 heterocycles. The quantitative estimate of drug-likeness (QED) is 0.693. The normalized spacial score (nSPS) is 10.7. The minimum atomic E-state index is -0.287. The fourth-order valence-electron chi connectivity index (χ4n) is 2.53. The van der Waals surface area contributed by atoms with Gasteiger partial charge in [-0.15, -0.1) is 22.7 Å². The highest BCUT2D eigenvalue weighted by Gasteiger charge is 2.20. The third-order valence-corrected chi connectivity index (χ3v) is 5.16.